The summed E-state index contributed by atoms with van der Waals surface area (Å²) in [5.74, 6) is 0. The van der Waals surface area contributed by atoms with Gasteiger partial charge in [-0.1, -0.05) is 0 Å². The molecule has 0 aromatic heterocycles. The molecule has 0 rings (SSSR count). The average molecular weight is 633 g/mol. The van der Waals surface area contributed by atoms with Crippen LogP contribution in [-0.4, -0.2) is 42.2 Å². The van der Waals surface area contributed by atoms with E-state index >= 15 is 0 Å². The minimum atomic E-state index is -5.14. The maximum Gasteiger partial charge on any atom is 0.0557 e. The molecule has 0 aliphatic rings. The second kappa shape index (κ2) is 24.3. The number of hydrogen-bond acceptors (Lipinski definition) is 3. The molecule has 0 atom stereocenters. The van der Waals surface area contributed by atoms with E-state index in [1.165, 1.54) is 69.1 Å². The predicted octanol–water partition coefficient (Wildman–Crippen LogP) is 5.44. The normalized spacial score (nSPS) is 10.3. The Labute approximate surface area is 177 Å². The minimum Gasteiger partial charge on any atom is -0.790 e. The van der Waals surface area contributed by atoms with Crippen LogP contribution in [0.5, 0.6) is 0 Å². The SMILES string of the molecule is CCC[CH2][Sn+]([Cl])[CH2]CCC.CCC[CH2][Sn+]([Cl])[CH2]CCC.O=P([O-])([O-])O. The van der Waals surface area contributed by atoms with Crippen molar-refractivity contribution in [1.29, 1.82) is 0 Å². The Morgan fingerprint density at radius 2 is 0.880 bits per heavy atom. The summed E-state index contributed by atoms with van der Waals surface area (Å²) in [4.78, 5) is 24.3. The average Bonchev–Trinajstić information content (AvgIpc) is 2.53. The molecular weight excluding hydrogens is 595 g/mol. The van der Waals surface area contributed by atoms with E-state index in [4.69, 9.17) is 37.1 Å². The largest absolute Gasteiger partial charge is 0.790 e. The van der Waals surface area contributed by atoms with Crippen LogP contribution in [0.15, 0.2) is 0 Å². The second-order valence-corrected chi connectivity index (χ2v) is 25.6. The molecule has 1 N–H and O–H groups in total. The van der Waals surface area contributed by atoms with E-state index < -0.39 is 45.1 Å². The molecule has 0 spiro atoms. The van der Waals surface area contributed by atoms with Crippen LogP contribution in [0, 0.1) is 0 Å². The van der Waals surface area contributed by atoms with E-state index in [-0.39, 0.29) is 0 Å². The van der Waals surface area contributed by atoms with Crippen LogP contribution in [0.25, 0.3) is 0 Å². The van der Waals surface area contributed by atoms with Gasteiger partial charge in [-0.15, -0.1) is 0 Å². The molecule has 0 aromatic carbocycles. The smallest absolute Gasteiger partial charge is 0.0557 e. The molecule has 0 radical (unpaired) electrons. The zero-order valence-electron chi connectivity index (χ0n) is 16.4. The van der Waals surface area contributed by atoms with E-state index in [0.29, 0.717) is 0 Å². The Hall–Kier alpha value is 2.29. The van der Waals surface area contributed by atoms with Gasteiger partial charge in [-0.3, -0.25) is 0 Å². The third kappa shape index (κ3) is 46.4. The molecule has 0 heterocycles. The van der Waals surface area contributed by atoms with Gasteiger partial charge in [0.15, 0.2) is 0 Å². The first-order valence-electron chi connectivity index (χ1n) is 9.37. The van der Waals surface area contributed by atoms with Gasteiger partial charge in [-0.25, -0.2) is 0 Å². The monoisotopic (exact) mass is 634 g/mol. The fourth-order valence-electron chi connectivity index (χ4n) is 1.72. The summed E-state index contributed by atoms with van der Waals surface area (Å²) in [6.45, 7) is 8.97. The summed E-state index contributed by atoms with van der Waals surface area (Å²) in [5.41, 5.74) is 0. The Bertz CT molecular complexity index is 255. The van der Waals surface area contributed by atoms with E-state index in [1.54, 1.807) is 0 Å². The topological polar surface area (TPSA) is 83.4 Å². The molecule has 0 unspecified atom stereocenters. The molecule has 0 bridgehead atoms. The zero-order valence-corrected chi connectivity index (χ0v) is 24.5. The Kier molecular flexibility index (Phi) is 31.1. The van der Waals surface area contributed by atoms with Crippen molar-refractivity contribution >= 4 is 62.9 Å². The van der Waals surface area contributed by atoms with Crippen LogP contribution in [-0.2, 0) is 4.57 Å². The van der Waals surface area contributed by atoms with Crippen molar-refractivity contribution in [2.45, 2.75) is 96.8 Å². The van der Waals surface area contributed by atoms with Gasteiger partial charge in [0, 0.05) is 0 Å². The van der Waals surface area contributed by atoms with Crippen LogP contribution < -0.4 is 9.79 Å². The van der Waals surface area contributed by atoms with Gasteiger partial charge in [0.05, 0.1) is 7.82 Å². The van der Waals surface area contributed by atoms with Crippen LogP contribution in [0.1, 0.15) is 79.1 Å². The van der Waals surface area contributed by atoms with Crippen molar-refractivity contribution in [2.24, 2.45) is 0 Å². The van der Waals surface area contributed by atoms with E-state index in [9.17, 15) is 0 Å². The molecule has 25 heavy (non-hydrogen) atoms. The first kappa shape index (κ1) is 32.0. The summed E-state index contributed by atoms with van der Waals surface area (Å²) in [6.07, 6.45) is 10.8. The Morgan fingerprint density at radius 1 is 0.720 bits per heavy atom. The number of rotatable bonds is 12. The standard InChI is InChI=1S/4C4H9.2ClH.H3O4P.2Sn/c4*1-3-4-2;;;1-5(2,3)4;;/h4*1,3-4H2,2H3;2*1H;(H3,1,2,3,4);;/q;;;;;;;2*+2/p-4. The number of hydrogen-bond donors (Lipinski definition) is 1. The molecule has 0 saturated carbocycles. The molecule has 0 saturated heterocycles. The summed E-state index contributed by atoms with van der Waals surface area (Å²) < 4.78 is 14.3. The van der Waals surface area contributed by atoms with Crippen LogP contribution in [0.4, 0.5) is 0 Å². The molecule has 0 aromatic rings. The number of unbranched alkanes of at least 4 members (excludes halogenated alkanes) is 4. The molecular formula is C16H37Cl2O4PSn2. The summed E-state index contributed by atoms with van der Waals surface area (Å²) in [7, 11) is 7.33. The maximum atomic E-state index is 8.66. The second-order valence-electron chi connectivity index (χ2n) is 5.92. The van der Waals surface area contributed by atoms with Gasteiger partial charge in [0.1, 0.15) is 0 Å². The molecule has 0 aliphatic carbocycles. The first-order valence-corrected chi connectivity index (χ1v) is 26.2. The number of phosphoric acid groups is 1. The van der Waals surface area contributed by atoms with Crippen LogP contribution in [0.2, 0.25) is 17.7 Å². The predicted molar refractivity (Wildman–Crippen MR) is 112 cm³/mol. The van der Waals surface area contributed by atoms with Gasteiger partial charge in [0.2, 0.25) is 0 Å². The molecule has 0 amide bonds. The van der Waals surface area contributed by atoms with Gasteiger partial charge in [-0.05, 0) is 0 Å². The molecule has 152 valence electrons. The minimum absolute atomic E-state index is 1.27. The van der Waals surface area contributed by atoms with Crippen molar-refractivity contribution in [2.75, 3.05) is 0 Å². The van der Waals surface area contributed by atoms with Crippen LogP contribution >= 0.6 is 25.7 Å². The van der Waals surface area contributed by atoms with Crippen molar-refractivity contribution in [3.63, 3.8) is 0 Å². The molecule has 0 aliphatic heterocycles. The third-order valence-electron chi connectivity index (χ3n) is 3.21. The Balaban J connectivity index is -0.000000308. The summed E-state index contributed by atoms with van der Waals surface area (Å²) in [6, 6.07) is 0. The first-order chi connectivity index (χ1) is 11.6. The van der Waals surface area contributed by atoms with Crippen molar-refractivity contribution < 1.29 is 19.2 Å². The summed E-state index contributed by atoms with van der Waals surface area (Å²) in [5, 5.41) is 0. The quantitative estimate of drug-likeness (QED) is 0.230. The van der Waals surface area contributed by atoms with Crippen LogP contribution in [0.3, 0.4) is 0 Å². The van der Waals surface area contributed by atoms with Crippen molar-refractivity contribution in [1.82, 2.24) is 0 Å². The fourth-order valence-corrected chi connectivity index (χ4v) is 15.2. The van der Waals surface area contributed by atoms with Crippen molar-refractivity contribution in [3.8, 4) is 0 Å². The van der Waals surface area contributed by atoms with E-state index in [1.807, 2.05) is 0 Å². The van der Waals surface area contributed by atoms with E-state index in [0.717, 1.165) is 0 Å². The van der Waals surface area contributed by atoms with Gasteiger partial charge >= 0.3 is 152 Å². The zero-order chi connectivity index (χ0) is 20.1. The van der Waals surface area contributed by atoms with Gasteiger partial charge in [0.25, 0.3) is 0 Å². The molecule has 4 nitrogen and oxygen atoms in total. The van der Waals surface area contributed by atoms with Gasteiger partial charge in [-0.2, -0.15) is 0 Å². The maximum absolute atomic E-state index is 8.66. The number of halogens is 2. The third-order valence-corrected chi connectivity index (χ3v) is 18.5. The molecule has 9 heteroatoms. The fraction of sp³-hybridized carbons (Fsp3) is 1.00. The Morgan fingerprint density at radius 3 is 1.00 bits per heavy atom. The van der Waals surface area contributed by atoms with Gasteiger partial charge < -0.3 is 19.2 Å². The van der Waals surface area contributed by atoms with E-state index in [2.05, 4.69) is 27.7 Å². The van der Waals surface area contributed by atoms with Crippen molar-refractivity contribution in [3.05, 3.63) is 0 Å². The summed E-state index contributed by atoms with van der Waals surface area (Å²) >= 11 is -2.54. The molecule has 0 fully saturated rings.